The molecule has 1 aromatic heterocycles. The number of carbonyl (C=O) groups is 2. The minimum Gasteiger partial charge on any atom is -0.343 e. The molecule has 2 amide bonds. The molecule has 0 atom stereocenters. The lowest BCUT2D eigenvalue weighted by atomic mass is 10.0. The zero-order valence-electron chi connectivity index (χ0n) is 12.1. The third kappa shape index (κ3) is 4.16. The van der Waals surface area contributed by atoms with E-state index >= 15 is 0 Å². The van der Waals surface area contributed by atoms with Crippen molar-refractivity contribution in [2.24, 2.45) is 0 Å². The minimum absolute atomic E-state index is 0.274. The molecule has 1 heterocycles. The summed E-state index contributed by atoms with van der Waals surface area (Å²) in [6.45, 7) is 4.46. The van der Waals surface area contributed by atoms with Crippen molar-refractivity contribution < 1.29 is 9.59 Å². The molecule has 2 rings (SSSR count). The first kappa shape index (κ1) is 15.3. The summed E-state index contributed by atoms with van der Waals surface area (Å²) in [4.78, 5) is 24.7. The molecule has 0 aliphatic carbocycles. The Morgan fingerprint density at radius 1 is 1.10 bits per heavy atom. The molecule has 0 spiro atoms. The van der Waals surface area contributed by atoms with Crippen molar-refractivity contribution in [3.63, 3.8) is 0 Å². The highest BCUT2D eigenvalue weighted by Crippen LogP contribution is 2.23. The van der Waals surface area contributed by atoms with Crippen LogP contribution in [0, 0.1) is 0 Å². The molecular weight excluding hydrogens is 284 g/mol. The number of hydrogen-bond acceptors (Lipinski definition) is 3. The van der Waals surface area contributed by atoms with Gasteiger partial charge in [-0.15, -0.1) is 11.3 Å². The molecule has 0 bridgehead atoms. The molecule has 2 aromatic rings. The second-order valence-corrected chi connectivity index (χ2v) is 5.99. The Morgan fingerprint density at radius 3 is 2.52 bits per heavy atom. The van der Waals surface area contributed by atoms with E-state index in [1.165, 1.54) is 0 Å². The van der Waals surface area contributed by atoms with Gasteiger partial charge in [0.2, 0.25) is 0 Å². The van der Waals surface area contributed by atoms with Gasteiger partial charge in [-0.05, 0) is 29.0 Å². The Hall–Kier alpha value is -2.14. The number of rotatable bonds is 4. The predicted octanol–water partition coefficient (Wildman–Crippen LogP) is 3.13. The molecule has 0 fully saturated rings. The van der Waals surface area contributed by atoms with Crippen LogP contribution in [0.3, 0.4) is 0 Å². The average Bonchev–Trinajstić information content (AvgIpc) is 2.98. The van der Waals surface area contributed by atoms with Gasteiger partial charge in [0.25, 0.3) is 0 Å². The summed E-state index contributed by atoms with van der Waals surface area (Å²) in [6.07, 6.45) is 0. The van der Waals surface area contributed by atoms with E-state index in [1.54, 1.807) is 17.4 Å². The van der Waals surface area contributed by atoms with Gasteiger partial charge in [0.1, 0.15) is 0 Å². The van der Waals surface area contributed by atoms with Crippen molar-refractivity contribution in [2.45, 2.75) is 26.3 Å². The maximum absolute atomic E-state index is 11.9. The summed E-state index contributed by atoms with van der Waals surface area (Å²) in [7, 11) is 0. The third-order valence-electron chi connectivity index (χ3n) is 3.04. The van der Waals surface area contributed by atoms with Crippen molar-refractivity contribution in [1.82, 2.24) is 5.32 Å². The molecule has 0 aliphatic heterocycles. The quantitative estimate of drug-likeness (QED) is 0.853. The largest absolute Gasteiger partial charge is 0.343 e. The highest BCUT2D eigenvalue weighted by atomic mass is 32.1. The Labute approximate surface area is 128 Å². The van der Waals surface area contributed by atoms with E-state index in [4.69, 9.17) is 0 Å². The summed E-state index contributed by atoms with van der Waals surface area (Å²) in [5.41, 5.74) is 1.70. The molecule has 110 valence electrons. The monoisotopic (exact) mass is 302 g/mol. The Morgan fingerprint density at radius 2 is 1.86 bits per heavy atom. The van der Waals surface area contributed by atoms with Crippen LogP contribution in [0.2, 0.25) is 0 Å². The van der Waals surface area contributed by atoms with Crippen molar-refractivity contribution in [3.8, 4) is 0 Å². The molecule has 0 saturated heterocycles. The highest BCUT2D eigenvalue weighted by molar-refractivity contribution is 7.09. The first-order chi connectivity index (χ1) is 10.1. The van der Waals surface area contributed by atoms with Gasteiger partial charge in [-0.2, -0.15) is 0 Å². The fourth-order valence-electron chi connectivity index (χ4n) is 1.95. The van der Waals surface area contributed by atoms with Crippen LogP contribution in [0.15, 0.2) is 41.8 Å². The van der Waals surface area contributed by atoms with Crippen LogP contribution in [0.4, 0.5) is 5.69 Å². The number of hydrogen-bond donors (Lipinski definition) is 2. The third-order valence-corrected chi connectivity index (χ3v) is 3.92. The Kier molecular flexibility index (Phi) is 5.11. The molecule has 5 heteroatoms. The molecule has 2 N–H and O–H groups in total. The second-order valence-electron chi connectivity index (χ2n) is 4.96. The van der Waals surface area contributed by atoms with Gasteiger partial charge in [0, 0.05) is 10.6 Å². The molecule has 4 nitrogen and oxygen atoms in total. The lowest BCUT2D eigenvalue weighted by molar-refractivity contribution is -0.136. The Bertz CT molecular complexity index is 621. The van der Waals surface area contributed by atoms with Crippen LogP contribution in [0.1, 0.15) is 30.2 Å². The fourth-order valence-corrected chi connectivity index (χ4v) is 2.60. The van der Waals surface area contributed by atoms with Gasteiger partial charge in [0.15, 0.2) is 0 Å². The standard InChI is InChI=1S/C16H18N2O2S/c1-11(2)13-7-3-4-8-14(13)18-16(20)15(19)17-10-12-6-5-9-21-12/h3-9,11H,10H2,1-2H3,(H,17,19)(H,18,20). The molecular formula is C16H18N2O2S. The molecule has 0 radical (unpaired) electrons. The highest BCUT2D eigenvalue weighted by Gasteiger charge is 2.15. The van der Waals surface area contributed by atoms with Crippen LogP contribution in [0.25, 0.3) is 0 Å². The summed E-state index contributed by atoms with van der Waals surface area (Å²) >= 11 is 1.54. The first-order valence-electron chi connectivity index (χ1n) is 6.78. The van der Waals surface area contributed by atoms with E-state index in [-0.39, 0.29) is 5.92 Å². The van der Waals surface area contributed by atoms with Gasteiger partial charge in [-0.25, -0.2) is 0 Å². The van der Waals surface area contributed by atoms with Gasteiger partial charge < -0.3 is 10.6 Å². The summed E-state index contributed by atoms with van der Waals surface area (Å²) in [5.74, 6) is -0.989. The molecule has 1 aromatic carbocycles. The Balaban J connectivity index is 1.96. The van der Waals surface area contributed by atoms with Crippen molar-refractivity contribution in [3.05, 3.63) is 52.2 Å². The predicted molar refractivity (Wildman–Crippen MR) is 85.3 cm³/mol. The zero-order valence-corrected chi connectivity index (χ0v) is 12.9. The molecule has 0 unspecified atom stereocenters. The number of amides is 2. The van der Waals surface area contributed by atoms with E-state index < -0.39 is 11.8 Å². The first-order valence-corrected chi connectivity index (χ1v) is 7.66. The van der Waals surface area contributed by atoms with E-state index in [9.17, 15) is 9.59 Å². The van der Waals surface area contributed by atoms with Gasteiger partial charge in [-0.1, -0.05) is 38.1 Å². The number of benzene rings is 1. The number of carbonyl (C=O) groups excluding carboxylic acids is 2. The minimum atomic E-state index is -0.639. The lowest BCUT2D eigenvalue weighted by Gasteiger charge is -2.13. The molecule has 0 saturated carbocycles. The summed E-state index contributed by atoms with van der Waals surface area (Å²) < 4.78 is 0. The van der Waals surface area contributed by atoms with Gasteiger partial charge >= 0.3 is 11.8 Å². The smallest absolute Gasteiger partial charge is 0.313 e. The van der Waals surface area contributed by atoms with Crippen LogP contribution in [-0.4, -0.2) is 11.8 Å². The summed E-state index contributed by atoms with van der Waals surface area (Å²) in [5, 5.41) is 7.22. The van der Waals surface area contributed by atoms with Gasteiger partial charge in [0.05, 0.1) is 6.54 Å². The zero-order chi connectivity index (χ0) is 15.2. The maximum atomic E-state index is 11.9. The van der Waals surface area contributed by atoms with E-state index in [0.29, 0.717) is 12.2 Å². The lowest BCUT2D eigenvalue weighted by Crippen LogP contribution is -2.35. The van der Waals surface area contributed by atoms with Crippen molar-refractivity contribution in [2.75, 3.05) is 5.32 Å². The van der Waals surface area contributed by atoms with Crippen LogP contribution < -0.4 is 10.6 Å². The van der Waals surface area contributed by atoms with E-state index in [0.717, 1.165) is 10.4 Å². The number of thiophene rings is 1. The summed E-state index contributed by atoms with van der Waals surface area (Å²) in [6, 6.07) is 11.3. The second kappa shape index (κ2) is 7.04. The van der Waals surface area contributed by atoms with Crippen molar-refractivity contribution >= 4 is 28.8 Å². The van der Waals surface area contributed by atoms with Gasteiger partial charge in [-0.3, -0.25) is 9.59 Å². The van der Waals surface area contributed by atoms with Crippen LogP contribution in [-0.2, 0) is 16.1 Å². The maximum Gasteiger partial charge on any atom is 0.313 e. The van der Waals surface area contributed by atoms with Crippen molar-refractivity contribution in [1.29, 1.82) is 0 Å². The van der Waals surface area contributed by atoms with E-state index in [2.05, 4.69) is 10.6 Å². The number of para-hydroxylation sites is 1. The topological polar surface area (TPSA) is 58.2 Å². The average molecular weight is 302 g/mol. The number of nitrogens with one attached hydrogen (secondary N) is 2. The SMILES string of the molecule is CC(C)c1ccccc1NC(=O)C(=O)NCc1cccs1. The molecule has 0 aliphatic rings. The molecule has 21 heavy (non-hydrogen) atoms. The normalized spacial score (nSPS) is 10.4. The van der Waals surface area contributed by atoms with E-state index in [1.807, 2.05) is 49.6 Å². The van der Waals surface area contributed by atoms with Crippen LogP contribution >= 0.6 is 11.3 Å². The van der Waals surface area contributed by atoms with Crippen LogP contribution in [0.5, 0.6) is 0 Å². The number of anilines is 1. The fraction of sp³-hybridized carbons (Fsp3) is 0.250.